The normalized spacial score (nSPS) is 16.8. The molecular weight excluding hydrogens is 284 g/mol. The number of hydrogen-bond donors (Lipinski definition) is 1. The highest BCUT2D eigenvalue weighted by molar-refractivity contribution is 7.90. The topological polar surface area (TPSA) is 92.8 Å². The molecule has 1 fully saturated rings. The van der Waals surface area contributed by atoms with Crippen molar-refractivity contribution in [2.45, 2.75) is 19.3 Å². The van der Waals surface area contributed by atoms with Gasteiger partial charge in [-0.3, -0.25) is 4.79 Å². The van der Waals surface area contributed by atoms with Gasteiger partial charge in [-0.25, -0.2) is 13.2 Å². The quantitative estimate of drug-likeness (QED) is 0.723. The van der Waals surface area contributed by atoms with Gasteiger partial charge in [-0.2, -0.15) is 0 Å². The molecular formula is C12H22N2O5S. The van der Waals surface area contributed by atoms with Gasteiger partial charge in [0, 0.05) is 31.8 Å². The zero-order valence-corrected chi connectivity index (χ0v) is 12.7. The Hall–Kier alpha value is -1.31. The van der Waals surface area contributed by atoms with Crippen LogP contribution in [0.2, 0.25) is 0 Å². The maximum absolute atomic E-state index is 11.9. The van der Waals surface area contributed by atoms with E-state index >= 15 is 0 Å². The minimum absolute atomic E-state index is 0.0667. The number of piperidine rings is 1. The number of ether oxygens (including phenoxy) is 1. The number of amides is 2. The van der Waals surface area contributed by atoms with E-state index in [1.165, 1.54) is 13.4 Å². The third-order valence-electron chi connectivity index (χ3n) is 3.29. The number of likely N-dealkylation sites (tertiary alicyclic amines) is 1. The first-order chi connectivity index (χ1) is 9.33. The maximum atomic E-state index is 11.9. The Balaban J connectivity index is 2.24. The zero-order valence-electron chi connectivity index (χ0n) is 11.9. The standard InChI is InChI=1S/C12H22N2O5S/c1-19-12(16)14-7-4-10(5-8-14)11(15)13-6-3-9-20(2,17)18/h10H,3-9H2,1-2H3,(H,13,15). The molecule has 1 aliphatic rings. The molecule has 0 unspecified atom stereocenters. The summed E-state index contributed by atoms with van der Waals surface area (Å²) in [5, 5.41) is 2.74. The molecule has 0 aromatic heterocycles. The molecule has 0 aromatic carbocycles. The molecule has 20 heavy (non-hydrogen) atoms. The molecule has 1 aliphatic heterocycles. The summed E-state index contributed by atoms with van der Waals surface area (Å²) >= 11 is 0. The van der Waals surface area contributed by atoms with Crippen molar-refractivity contribution in [3.63, 3.8) is 0 Å². The first-order valence-electron chi connectivity index (χ1n) is 6.62. The molecule has 0 radical (unpaired) electrons. The number of rotatable bonds is 5. The van der Waals surface area contributed by atoms with E-state index in [2.05, 4.69) is 10.1 Å². The molecule has 1 N–H and O–H groups in total. The van der Waals surface area contributed by atoms with Crippen LogP contribution >= 0.6 is 0 Å². The van der Waals surface area contributed by atoms with E-state index in [1.807, 2.05) is 0 Å². The van der Waals surface area contributed by atoms with Crippen LogP contribution in [0.1, 0.15) is 19.3 Å². The summed E-state index contributed by atoms with van der Waals surface area (Å²) in [7, 11) is -1.64. The van der Waals surface area contributed by atoms with Gasteiger partial charge < -0.3 is 15.0 Å². The molecule has 0 spiro atoms. The van der Waals surface area contributed by atoms with Gasteiger partial charge >= 0.3 is 6.09 Å². The van der Waals surface area contributed by atoms with Gasteiger partial charge in [-0.1, -0.05) is 0 Å². The van der Waals surface area contributed by atoms with Gasteiger partial charge in [0.05, 0.1) is 12.9 Å². The lowest BCUT2D eigenvalue weighted by atomic mass is 9.96. The Morgan fingerprint density at radius 1 is 1.30 bits per heavy atom. The van der Waals surface area contributed by atoms with Gasteiger partial charge in [0.2, 0.25) is 5.91 Å². The lowest BCUT2D eigenvalue weighted by Crippen LogP contribution is -2.43. The fraction of sp³-hybridized carbons (Fsp3) is 0.833. The van der Waals surface area contributed by atoms with E-state index in [-0.39, 0.29) is 23.7 Å². The Kier molecular flexibility index (Phi) is 6.25. The number of carbonyl (C=O) groups excluding carboxylic acids is 2. The van der Waals surface area contributed by atoms with Crippen molar-refractivity contribution in [1.82, 2.24) is 10.2 Å². The predicted octanol–water partition coefficient (Wildman–Crippen LogP) is 0.0157. The first-order valence-corrected chi connectivity index (χ1v) is 8.68. The lowest BCUT2D eigenvalue weighted by molar-refractivity contribution is -0.126. The maximum Gasteiger partial charge on any atom is 0.409 e. The van der Waals surface area contributed by atoms with Crippen molar-refractivity contribution in [3.05, 3.63) is 0 Å². The number of nitrogens with one attached hydrogen (secondary N) is 1. The van der Waals surface area contributed by atoms with Gasteiger partial charge in [-0.15, -0.1) is 0 Å². The molecule has 0 aromatic rings. The second-order valence-corrected chi connectivity index (χ2v) is 7.27. The minimum Gasteiger partial charge on any atom is -0.453 e. The van der Waals surface area contributed by atoms with Gasteiger partial charge in [0.1, 0.15) is 9.84 Å². The highest BCUT2D eigenvalue weighted by atomic mass is 32.2. The van der Waals surface area contributed by atoms with Crippen LogP contribution in [0.5, 0.6) is 0 Å². The average molecular weight is 306 g/mol. The van der Waals surface area contributed by atoms with Gasteiger partial charge in [-0.05, 0) is 19.3 Å². The summed E-state index contributed by atoms with van der Waals surface area (Å²) in [5.74, 6) is -0.106. The van der Waals surface area contributed by atoms with E-state index in [0.29, 0.717) is 38.9 Å². The number of hydrogen-bond acceptors (Lipinski definition) is 5. The highest BCUT2D eigenvalue weighted by Gasteiger charge is 2.27. The van der Waals surface area contributed by atoms with Crippen molar-refractivity contribution in [1.29, 1.82) is 0 Å². The number of carbonyl (C=O) groups is 2. The van der Waals surface area contributed by atoms with Gasteiger partial charge in [0.25, 0.3) is 0 Å². The summed E-state index contributed by atoms with van der Waals surface area (Å²) in [4.78, 5) is 24.7. The number of sulfone groups is 1. The van der Waals surface area contributed by atoms with Crippen molar-refractivity contribution >= 4 is 21.8 Å². The second kappa shape index (κ2) is 7.47. The SMILES string of the molecule is COC(=O)N1CCC(C(=O)NCCCS(C)(=O)=O)CC1. The summed E-state index contributed by atoms with van der Waals surface area (Å²) in [6.07, 6.45) is 2.44. The Morgan fingerprint density at radius 3 is 2.40 bits per heavy atom. The van der Waals surface area contributed by atoms with E-state index < -0.39 is 9.84 Å². The van der Waals surface area contributed by atoms with E-state index in [1.54, 1.807) is 4.90 Å². The number of nitrogens with zero attached hydrogens (tertiary/aromatic N) is 1. The zero-order chi connectivity index (χ0) is 15.2. The fourth-order valence-electron chi connectivity index (χ4n) is 2.14. The molecule has 8 heteroatoms. The molecule has 0 atom stereocenters. The van der Waals surface area contributed by atoms with Crippen LogP contribution in [0.25, 0.3) is 0 Å². The molecule has 0 bridgehead atoms. The van der Waals surface area contributed by atoms with Crippen molar-refractivity contribution in [3.8, 4) is 0 Å². The Labute approximate surface area is 119 Å². The smallest absolute Gasteiger partial charge is 0.409 e. The highest BCUT2D eigenvalue weighted by Crippen LogP contribution is 2.17. The average Bonchev–Trinajstić information content (AvgIpc) is 2.41. The Bertz CT molecular complexity index is 441. The minimum atomic E-state index is -2.98. The van der Waals surface area contributed by atoms with Crippen LogP contribution in [-0.2, 0) is 19.4 Å². The summed E-state index contributed by atoms with van der Waals surface area (Å²) in [5.41, 5.74) is 0. The molecule has 1 rings (SSSR count). The first kappa shape index (κ1) is 16.7. The monoisotopic (exact) mass is 306 g/mol. The van der Waals surface area contributed by atoms with Crippen LogP contribution in [0.3, 0.4) is 0 Å². The molecule has 1 saturated heterocycles. The molecule has 7 nitrogen and oxygen atoms in total. The van der Waals surface area contributed by atoms with Crippen LogP contribution in [0.4, 0.5) is 4.79 Å². The third kappa shape index (κ3) is 5.77. The molecule has 0 aliphatic carbocycles. The van der Waals surface area contributed by atoms with E-state index in [0.717, 1.165) is 0 Å². The van der Waals surface area contributed by atoms with E-state index in [9.17, 15) is 18.0 Å². The lowest BCUT2D eigenvalue weighted by Gasteiger charge is -2.30. The van der Waals surface area contributed by atoms with Gasteiger partial charge in [0.15, 0.2) is 0 Å². The second-order valence-electron chi connectivity index (χ2n) is 5.01. The Morgan fingerprint density at radius 2 is 1.90 bits per heavy atom. The third-order valence-corrected chi connectivity index (χ3v) is 4.32. The van der Waals surface area contributed by atoms with Crippen LogP contribution in [-0.4, -0.2) is 64.1 Å². The predicted molar refractivity (Wildman–Crippen MR) is 74.0 cm³/mol. The van der Waals surface area contributed by atoms with Crippen LogP contribution in [0.15, 0.2) is 0 Å². The van der Waals surface area contributed by atoms with Crippen LogP contribution in [0, 0.1) is 5.92 Å². The van der Waals surface area contributed by atoms with Crippen molar-refractivity contribution in [2.75, 3.05) is 38.8 Å². The van der Waals surface area contributed by atoms with E-state index in [4.69, 9.17) is 0 Å². The summed E-state index contributed by atoms with van der Waals surface area (Å²) in [6.45, 7) is 1.38. The number of methoxy groups -OCH3 is 1. The summed E-state index contributed by atoms with van der Waals surface area (Å²) < 4.78 is 26.5. The molecule has 1 heterocycles. The molecule has 116 valence electrons. The van der Waals surface area contributed by atoms with Crippen molar-refractivity contribution < 1.29 is 22.7 Å². The van der Waals surface area contributed by atoms with Crippen LogP contribution < -0.4 is 5.32 Å². The largest absolute Gasteiger partial charge is 0.453 e. The fourth-order valence-corrected chi connectivity index (χ4v) is 2.81. The molecule has 0 saturated carbocycles. The summed E-state index contributed by atoms with van der Waals surface area (Å²) in [6, 6.07) is 0. The molecule has 2 amide bonds. The van der Waals surface area contributed by atoms with Crippen molar-refractivity contribution in [2.24, 2.45) is 5.92 Å².